The van der Waals surface area contributed by atoms with Crippen molar-refractivity contribution in [1.29, 1.82) is 0 Å². The van der Waals surface area contributed by atoms with Crippen molar-refractivity contribution in [3.63, 3.8) is 0 Å². The van der Waals surface area contributed by atoms with Crippen molar-refractivity contribution in [2.24, 2.45) is 0 Å². The first kappa shape index (κ1) is 63.8. The van der Waals surface area contributed by atoms with E-state index in [1.807, 2.05) is 36.4 Å². The highest BCUT2D eigenvalue weighted by molar-refractivity contribution is 7.48. The number of unbranched alkanes of at least 4 members (excludes halogenated alkanes) is 12. The molecule has 0 saturated carbocycles. The Labute approximate surface area is 442 Å². The molecule has 3 N–H and O–H groups in total. The molecule has 3 rings (SSSR count). The van der Waals surface area contributed by atoms with Crippen LogP contribution in [-0.2, 0) is 46.7 Å². The lowest BCUT2D eigenvalue weighted by Crippen LogP contribution is -2.33. The predicted molar refractivity (Wildman–Crippen MR) is 290 cm³/mol. The molecule has 74 heavy (non-hydrogen) atoms. The van der Waals surface area contributed by atoms with E-state index in [2.05, 4.69) is 36.7 Å². The van der Waals surface area contributed by atoms with Crippen LogP contribution in [0.2, 0.25) is 0 Å². The van der Waals surface area contributed by atoms with Gasteiger partial charge in [-0.1, -0.05) is 134 Å². The minimum absolute atomic E-state index is 0.201. The number of carbonyl (C=O) groups is 3. The number of carbonyl (C=O) groups excluding carboxylic acids is 3. The minimum atomic E-state index is -4.67. The topological polar surface area (TPSA) is 187 Å². The second kappa shape index (κ2) is 39.8. The summed E-state index contributed by atoms with van der Waals surface area (Å²) in [4.78, 5) is 40.9. The van der Waals surface area contributed by atoms with Gasteiger partial charge in [-0.3, -0.25) is 28.0 Å². The first-order chi connectivity index (χ1) is 36.1. The number of hydrogen-bond donors (Lipinski definition) is 3. The summed E-state index contributed by atoms with van der Waals surface area (Å²) >= 11 is 0. The Kier molecular flexibility index (Phi) is 34.3. The lowest BCUT2D eigenvalue weighted by atomic mass is 10.1. The third-order valence-electron chi connectivity index (χ3n) is 12.2. The largest absolute Gasteiger partial charge is 0.491 e. The molecule has 0 aliphatic rings. The van der Waals surface area contributed by atoms with Crippen molar-refractivity contribution in [2.75, 3.05) is 80.8 Å². The maximum Gasteiger partial charge on any atom is 0.475 e. The second-order valence-corrected chi connectivity index (χ2v) is 20.1. The fourth-order valence-electron chi connectivity index (χ4n) is 7.93. The van der Waals surface area contributed by atoms with Crippen LogP contribution in [0.4, 0.5) is 0 Å². The molecule has 0 saturated heterocycles. The normalized spacial score (nSPS) is 13.3. The molecule has 0 aliphatic carbocycles. The van der Waals surface area contributed by atoms with E-state index >= 15 is 4.57 Å². The van der Waals surface area contributed by atoms with Crippen molar-refractivity contribution in [3.8, 4) is 17.2 Å². The van der Waals surface area contributed by atoms with E-state index in [0.29, 0.717) is 92.8 Å². The van der Waals surface area contributed by atoms with Gasteiger partial charge < -0.3 is 44.4 Å². The number of hydrogen-bond acceptors (Lipinski definition) is 13. The summed E-state index contributed by atoms with van der Waals surface area (Å²) in [7, 11) is 0.110. The predicted octanol–water partition coefficient (Wildman–Crippen LogP) is 11.9. The Balaban J connectivity index is 2.07. The summed E-state index contributed by atoms with van der Waals surface area (Å²) in [5, 5.41) is 9.32. The fourth-order valence-corrected chi connectivity index (χ4v) is 9.15. The van der Waals surface area contributed by atoms with Gasteiger partial charge in [0.1, 0.15) is 37.1 Å². The number of amides is 3. The summed E-state index contributed by atoms with van der Waals surface area (Å²) in [6.07, 6.45) is 15.4. The highest BCUT2D eigenvalue weighted by Crippen LogP contribution is 2.51. The molecular weight excluding hydrogens is 966 g/mol. The summed E-state index contributed by atoms with van der Waals surface area (Å²) < 4.78 is 67.9. The van der Waals surface area contributed by atoms with Gasteiger partial charge >= 0.3 is 7.82 Å². The fraction of sp³-hybridized carbons (Fsp3) is 0.632. The molecule has 0 fully saturated rings. The first-order valence-electron chi connectivity index (χ1n) is 27.1. The molecule has 0 radical (unpaired) electrons. The van der Waals surface area contributed by atoms with Crippen molar-refractivity contribution in [2.45, 2.75) is 154 Å². The summed E-state index contributed by atoms with van der Waals surface area (Å²) in [6, 6.07) is 19.2. The van der Waals surface area contributed by atoms with Gasteiger partial charge in [-0.25, -0.2) is 4.57 Å². The van der Waals surface area contributed by atoms with Crippen LogP contribution in [0, 0.1) is 0 Å². The Hall–Kier alpha value is -4.54. The molecule has 3 aromatic rings. The average Bonchev–Trinajstić information content (AvgIpc) is 3.40. The van der Waals surface area contributed by atoms with Gasteiger partial charge in [0.2, 0.25) is 17.7 Å². The quantitative estimate of drug-likeness (QED) is 0.0359. The highest BCUT2D eigenvalue weighted by atomic mass is 31.2. The Morgan fingerprint density at radius 2 is 0.703 bits per heavy atom. The van der Waals surface area contributed by atoms with Gasteiger partial charge in [0, 0.05) is 40.6 Å². The Morgan fingerprint density at radius 1 is 0.419 bits per heavy atom. The second-order valence-electron chi connectivity index (χ2n) is 18.4. The zero-order valence-corrected chi connectivity index (χ0v) is 46.4. The molecule has 416 valence electrons. The van der Waals surface area contributed by atoms with Gasteiger partial charge in [0.05, 0.1) is 57.8 Å². The van der Waals surface area contributed by atoms with E-state index in [1.54, 1.807) is 57.7 Å². The molecule has 0 aliphatic heterocycles. The maximum atomic E-state index is 15.5. The lowest BCUT2D eigenvalue weighted by Gasteiger charge is -2.27. The molecule has 3 amide bonds. The molecule has 0 spiro atoms. The molecule has 3 aromatic carbocycles. The van der Waals surface area contributed by atoms with Crippen LogP contribution in [0.25, 0.3) is 0 Å². The molecule has 0 aromatic heterocycles. The number of phosphoric ester groups is 1. The molecule has 3 atom stereocenters. The van der Waals surface area contributed by atoms with Gasteiger partial charge in [-0.15, -0.1) is 0 Å². The molecule has 0 bridgehead atoms. The third-order valence-corrected chi connectivity index (χ3v) is 13.6. The number of rotatable bonds is 45. The number of phosphoric acid groups is 1. The zero-order valence-electron chi connectivity index (χ0n) is 45.5. The van der Waals surface area contributed by atoms with Crippen LogP contribution in [0.1, 0.15) is 171 Å². The van der Waals surface area contributed by atoms with Crippen molar-refractivity contribution >= 4 is 25.5 Å². The summed E-state index contributed by atoms with van der Waals surface area (Å²) in [6.45, 7) is 7.46. The molecule has 3 unspecified atom stereocenters. The Bertz CT molecular complexity index is 1800. The number of benzene rings is 3. The van der Waals surface area contributed by atoms with E-state index in [1.165, 1.54) is 0 Å². The monoisotopic (exact) mass is 1060 g/mol. The molecular formula is C57H90N3O13P. The van der Waals surface area contributed by atoms with Gasteiger partial charge in [-0.05, 0) is 72.4 Å². The Morgan fingerprint density at radius 3 is 0.973 bits per heavy atom. The maximum absolute atomic E-state index is 15.5. The number of ether oxygens (including phenoxy) is 6. The van der Waals surface area contributed by atoms with E-state index in [-0.39, 0.29) is 56.8 Å². The SMILES string of the molecule is CCCCCCCC(=O)NC(COP(=O)(OCC(NC(=O)CCCCCCC)c1cccc(OCCOC)c1)OCC(NC(=O)CCCCCCC)c1cccc(OCCOC)c1)c1cccc(OCCOC)c1. The van der Waals surface area contributed by atoms with Crippen LogP contribution in [0.5, 0.6) is 17.2 Å². The molecule has 0 heterocycles. The van der Waals surface area contributed by atoms with Crippen molar-refractivity contribution in [1.82, 2.24) is 16.0 Å². The zero-order chi connectivity index (χ0) is 53.5. The average molecular weight is 1060 g/mol. The van der Waals surface area contributed by atoms with Crippen molar-refractivity contribution < 1.29 is 60.9 Å². The van der Waals surface area contributed by atoms with Crippen LogP contribution < -0.4 is 30.2 Å². The van der Waals surface area contributed by atoms with Gasteiger partial charge in [0.15, 0.2) is 0 Å². The van der Waals surface area contributed by atoms with Gasteiger partial charge in [0.25, 0.3) is 0 Å². The number of methoxy groups -OCH3 is 3. The van der Waals surface area contributed by atoms with E-state index in [0.717, 1.165) is 77.0 Å². The van der Waals surface area contributed by atoms with E-state index < -0.39 is 25.9 Å². The summed E-state index contributed by atoms with van der Waals surface area (Å²) in [5.41, 5.74) is 1.90. The first-order valence-corrected chi connectivity index (χ1v) is 28.6. The molecule has 17 heteroatoms. The minimum Gasteiger partial charge on any atom is -0.491 e. The summed E-state index contributed by atoms with van der Waals surface area (Å²) in [5.74, 6) is 1.03. The van der Waals surface area contributed by atoms with E-state index in [4.69, 9.17) is 42.0 Å². The van der Waals surface area contributed by atoms with E-state index in [9.17, 15) is 14.4 Å². The van der Waals surface area contributed by atoms with Crippen LogP contribution >= 0.6 is 7.82 Å². The van der Waals surface area contributed by atoms with Gasteiger partial charge in [-0.2, -0.15) is 0 Å². The number of nitrogens with one attached hydrogen (secondary N) is 3. The van der Waals surface area contributed by atoms with Crippen LogP contribution in [0.3, 0.4) is 0 Å². The smallest absolute Gasteiger partial charge is 0.475 e. The van der Waals surface area contributed by atoms with Crippen LogP contribution in [0.15, 0.2) is 72.8 Å². The third kappa shape index (κ3) is 27.8. The van der Waals surface area contributed by atoms with Crippen LogP contribution in [-0.4, -0.2) is 98.5 Å². The highest BCUT2D eigenvalue weighted by Gasteiger charge is 2.33. The molecule has 16 nitrogen and oxygen atoms in total. The lowest BCUT2D eigenvalue weighted by molar-refractivity contribution is -0.123. The standard InChI is InChI=1S/C57H90N3O13P/c1-7-10-13-16-19-31-55(61)58-52(46-25-22-28-49(40-46)68-37-34-65-4)43-71-74(64,72-44-53(59-56(62)32-20-17-14-11-8-2)47-26-23-29-50(41-47)69-38-35-66-5)73-45-54(60-57(63)33-21-18-15-12-9-3)48-27-24-30-51(42-48)70-39-36-67-6/h22-30,40-42,52-54H,7-21,31-39,43-45H2,1-6H3,(H,58,61)(H,59,62)(H,60,63). The van der Waals surface area contributed by atoms with Crippen molar-refractivity contribution in [3.05, 3.63) is 89.5 Å².